The normalized spacial score (nSPS) is 16.9. The third-order valence-corrected chi connectivity index (χ3v) is 5.58. The smallest absolute Gasteiger partial charge is 0.178 e. The van der Waals surface area contributed by atoms with Crippen LogP contribution in [-0.4, -0.2) is 63.1 Å². The number of ketones is 1. The molecule has 4 rings (SSSR count). The molecule has 158 valence electrons. The molecule has 0 spiro atoms. The number of carbonyl (C=O) groups excluding carboxylic acids is 1. The van der Waals surface area contributed by atoms with Gasteiger partial charge in [-0.3, -0.25) is 14.8 Å². The highest BCUT2D eigenvalue weighted by Gasteiger charge is 2.26. The van der Waals surface area contributed by atoms with Gasteiger partial charge < -0.3 is 4.90 Å². The fourth-order valence-corrected chi connectivity index (χ4v) is 4.01. The average Bonchev–Trinajstić information content (AvgIpc) is 3.23. The molecule has 3 heterocycles. The highest BCUT2D eigenvalue weighted by Crippen LogP contribution is 2.28. The summed E-state index contributed by atoms with van der Waals surface area (Å²) in [6, 6.07) is 10.0. The predicted molar refractivity (Wildman–Crippen MR) is 121 cm³/mol. The molecule has 1 unspecified atom stereocenters. The molecule has 0 aliphatic carbocycles. The first-order valence-corrected chi connectivity index (χ1v) is 10.1. The SMILES string of the molecule is CC1CN(CCC(=O)c2cn[nH]c2-c2ncccn2)CCN1c1ccccc1Cl.Cl. The van der Waals surface area contributed by atoms with E-state index >= 15 is 0 Å². The Morgan fingerprint density at radius 2 is 1.97 bits per heavy atom. The molecule has 0 radical (unpaired) electrons. The van der Waals surface area contributed by atoms with Crippen molar-refractivity contribution in [3.8, 4) is 11.5 Å². The summed E-state index contributed by atoms with van der Waals surface area (Å²) < 4.78 is 0. The van der Waals surface area contributed by atoms with Gasteiger partial charge in [-0.15, -0.1) is 12.4 Å². The van der Waals surface area contributed by atoms with Crippen LogP contribution in [0.15, 0.2) is 48.9 Å². The molecule has 1 fully saturated rings. The molecule has 1 N–H and O–H groups in total. The van der Waals surface area contributed by atoms with E-state index in [2.05, 4.69) is 43.0 Å². The van der Waals surface area contributed by atoms with Crippen molar-refractivity contribution in [2.45, 2.75) is 19.4 Å². The van der Waals surface area contributed by atoms with Crippen molar-refractivity contribution in [2.24, 2.45) is 0 Å². The van der Waals surface area contributed by atoms with E-state index in [0.717, 1.165) is 30.3 Å². The van der Waals surface area contributed by atoms with Gasteiger partial charge in [0.05, 0.1) is 22.5 Å². The molecule has 3 aromatic rings. The molecule has 1 saturated heterocycles. The number of hydrogen-bond acceptors (Lipinski definition) is 6. The first-order chi connectivity index (χ1) is 14.1. The van der Waals surface area contributed by atoms with Crippen LogP contribution in [0.2, 0.25) is 5.02 Å². The zero-order chi connectivity index (χ0) is 20.2. The minimum Gasteiger partial charge on any atom is -0.365 e. The number of H-pyrrole nitrogens is 1. The van der Waals surface area contributed by atoms with E-state index in [4.69, 9.17) is 11.6 Å². The molecule has 1 aromatic carbocycles. The van der Waals surface area contributed by atoms with Gasteiger partial charge in [0.15, 0.2) is 11.6 Å². The second-order valence-corrected chi connectivity index (χ2v) is 7.61. The molecular formula is C21H24Cl2N6O. The quantitative estimate of drug-likeness (QED) is 0.581. The Kier molecular flexibility index (Phi) is 7.42. The topological polar surface area (TPSA) is 78.0 Å². The van der Waals surface area contributed by atoms with Gasteiger partial charge in [0.25, 0.3) is 0 Å². The summed E-state index contributed by atoms with van der Waals surface area (Å²) in [5, 5.41) is 7.64. The molecule has 0 bridgehead atoms. The zero-order valence-electron chi connectivity index (χ0n) is 16.7. The van der Waals surface area contributed by atoms with Crippen LogP contribution in [0.1, 0.15) is 23.7 Å². The van der Waals surface area contributed by atoms with E-state index < -0.39 is 0 Å². The predicted octanol–water partition coefficient (Wildman–Crippen LogP) is 3.73. The lowest BCUT2D eigenvalue weighted by Crippen LogP contribution is -2.52. The summed E-state index contributed by atoms with van der Waals surface area (Å²) in [5.74, 6) is 0.526. The summed E-state index contributed by atoms with van der Waals surface area (Å²) in [6.07, 6.45) is 5.29. The molecule has 2 aromatic heterocycles. The number of aromatic nitrogens is 4. The van der Waals surface area contributed by atoms with E-state index in [0.29, 0.717) is 36.1 Å². The first kappa shape index (κ1) is 22.2. The van der Waals surface area contributed by atoms with Crippen molar-refractivity contribution in [1.29, 1.82) is 0 Å². The molecule has 9 heteroatoms. The van der Waals surface area contributed by atoms with E-state index in [1.165, 1.54) is 0 Å². The standard InChI is InChI=1S/C21H23ClN6O.ClH/c1-15-14-27(11-12-28(15)18-6-3-2-5-17(18)22)10-7-19(29)16-13-25-26-20(16)21-23-8-4-9-24-21;/h2-6,8-9,13,15H,7,10-12,14H2,1H3,(H,25,26);1H. The number of rotatable bonds is 6. The molecular weight excluding hydrogens is 423 g/mol. The number of piperazine rings is 1. The van der Waals surface area contributed by atoms with Crippen LogP contribution in [0, 0.1) is 0 Å². The number of nitrogens with one attached hydrogen (secondary N) is 1. The fourth-order valence-electron chi connectivity index (χ4n) is 3.77. The van der Waals surface area contributed by atoms with E-state index in [-0.39, 0.29) is 18.2 Å². The van der Waals surface area contributed by atoms with Gasteiger partial charge in [0, 0.05) is 51.0 Å². The summed E-state index contributed by atoms with van der Waals surface area (Å²) >= 11 is 6.37. The Balaban J connectivity index is 0.00000256. The monoisotopic (exact) mass is 446 g/mol. The van der Waals surface area contributed by atoms with Gasteiger partial charge in [-0.25, -0.2) is 9.97 Å². The van der Waals surface area contributed by atoms with Crippen LogP contribution in [0.3, 0.4) is 0 Å². The number of Topliss-reactive ketones (excluding diaryl/α,β-unsaturated/α-hetero) is 1. The molecule has 0 saturated carbocycles. The molecule has 1 atom stereocenters. The number of hydrogen-bond donors (Lipinski definition) is 1. The summed E-state index contributed by atoms with van der Waals surface area (Å²) in [6.45, 7) is 5.56. The second kappa shape index (κ2) is 10.0. The van der Waals surface area contributed by atoms with Gasteiger partial charge in [-0.2, -0.15) is 5.10 Å². The maximum absolute atomic E-state index is 12.8. The number of nitrogens with zero attached hydrogens (tertiary/aromatic N) is 5. The summed E-state index contributed by atoms with van der Waals surface area (Å²) in [4.78, 5) is 25.9. The summed E-state index contributed by atoms with van der Waals surface area (Å²) in [5.41, 5.74) is 2.19. The van der Waals surface area contributed by atoms with Gasteiger partial charge in [-0.05, 0) is 25.1 Å². The Morgan fingerprint density at radius 1 is 1.20 bits per heavy atom. The third kappa shape index (κ3) is 4.80. The lowest BCUT2D eigenvalue weighted by Gasteiger charge is -2.41. The molecule has 1 aliphatic rings. The van der Waals surface area contributed by atoms with E-state index in [9.17, 15) is 4.79 Å². The Morgan fingerprint density at radius 3 is 2.70 bits per heavy atom. The Hall–Kier alpha value is -2.48. The van der Waals surface area contributed by atoms with Crippen molar-refractivity contribution < 1.29 is 4.79 Å². The van der Waals surface area contributed by atoms with Crippen molar-refractivity contribution >= 4 is 35.5 Å². The number of halogens is 2. The lowest BCUT2D eigenvalue weighted by atomic mass is 10.1. The van der Waals surface area contributed by atoms with Crippen molar-refractivity contribution in [3.05, 3.63) is 59.5 Å². The highest BCUT2D eigenvalue weighted by molar-refractivity contribution is 6.33. The maximum Gasteiger partial charge on any atom is 0.178 e. The lowest BCUT2D eigenvalue weighted by molar-refractivity contribution is 0.0959. The minimum atomic E-state index is 0. The highest BCUT2D eigenvalue weighted by atomic mass is 35.5. The van der Waals surface area contributed by atoms with Crippen molar-refractivity contribution in [1.82, 2.24) is 25.1 Å². The van der Waals surface area contributed by atoms with Gasteiger partial charge in [-0.1, -0.05) is 23.7 Å². The second-order valence-electron chi connectivity index (χ2n) is 7.20. The van der Waals surface area contributed by atoms with Gasteiger partial charge in [0.2, 0.25) is 0 Å². The third-order valence-electron chi connectivity index (χ3n) is 5.26. The fraction of sp³-hybridized carbons (Fsp3) is 0.333. The molecule has 30 heavy (non-hydrogen) atoms. The Bertz CT molecular complexity index is 980. The van der Waals surface area contributed by atoms with Crippen LogP contribution in [0.25, 0.3) is 11.5 Å². The zero-order valence-corrected chi connectivity index (χ0v) is 18.2. The molecule has 0 amide bonds. The molecule has 7 nitrogen and oxygen atoms in total. The Labute approximate surface area is 186 Å². The van der Waals surface area contributed by atoms with Gasteiger partial charge in [0.1, 0.15) is 5.69 Å². The largest absolute Gasteiger partial charge is 0.365 e. The summed E-state index contributed by atoms with van der Waals surface area (Å²) in [7, 11) is 0. The van der Waals surface area contributed by atoms with Crippen LogP contribution >= 0.6 is 24.0 Å². The van der Waals surface area contributed by atoms with E-state index in [1.807, 2.05) is 18.2 Å². The van der Waals surface area contributed by atoms with Crippen molar-refractivity contribution in [2.75, 3.05) is 31.1 Å². The minimum absolute atomic E-state index is 0. The average molecular weight is 447 g/mol. The number of carbonyl (C=O) groups is 1. The number of benzene rings is 1. The van der Waals surface area contributed by atoms with Crippen LogP contribution < -0.4 is 4.90 Å². The van der Waals surface area contributed by atoms with E-state index in [1.54, 1.807) is 24.7 Å². The maximum atomic E-state index is 12.8. The van der Waals surface area contributed by atoms with Crippen LogP contribution in [0.5, 0.6) is 0 Å². The number of anilines is 1. The molecule has 1 aliphatic heterocycles. The van der Waals surface area contributed by atoms with Crippen molar-refractivity contribution in [3.63, 3.8) is 0 Å². The van der Waals surface area contributed by atoms with Gasteiger partial charge >= 0.3 is 0 Å². The first-order valence-electron chi connectivity index (χ1n) is 9.71. The number of aromatic amines is 1. The number of para-hydroxylation sites is 1. The van der Waals surface area contributed by atoms with Crippen LogP contribution in [0.4, 0.5) is 5.69 Å². The van der Waals surface area contributed by atoms with Crippen LogP contribution in [-0.2, 0) is 0 Å².